The summed E-state index contributed by atoms with van der Waals surface area (Å²) >= 11 is 0. The van der Waals surface area contributed by atoms with E-state index in [9.17, 15) is 0 Å². The zero-order chi connectivity index (χ0) is 8.93. The van der Waals surface area contributed by atoms with Gasteiger partial charge in [-0.15, -0.1) is 6.58 Å². The Bertz CT molecular complexity index is 202. The molecule has 2 fully saturated rings. The van der Waals surface area contributed by atoms with Gasteiger partial charge in [-0.25, -0.2) is 0 Å². The lowest BCUT2D eigenvalue weighted by Gasteiger charge is -2.56. The molecule has 0 N–H and O–H groups in total. The van der Waals surface area contributed by atoms with E-state index >= 15 is 0 Å². The second-order valence-electron chi connectivity index (χ2n) is 5.32. The predicted octanol–water partition coefficient (Wildman–Crippen LogP) is 3.49. The molecule has 0 nitrogen and oxygen atoms in total. The highest BCUT2D eigenvalue weighted by Crippen LogP contribution is 2.64. The summed E-state index contributed by atoms with van der Waals surface area (Å²) in [5, 5.41) is 0. The Balaban J connectivity index is 2.21. The molecule has 4 atom stereocenters. The molecule has 0 heterocycles. The Morgan fingerprint density at radius 1 is 1.33 bits per heavy atom. The van der Waals surface area contributed by atoms with Crippen molar-refractivity contribution < 1.29 is 0 Å². The minimum Gasteiger partial charge on any atom is -0.103 e. The van der Waals surface area contributed by atoms with Gasteiger partial charge in [-0.3, -0.25) is 0 Å². The van der Waals surface area contributed by atoms with Crippen molar-refractivity contribution in [3.05, 3.63) is 12.7 Å². The summed E-state index contributed by atoms with van der Waals surface area (Å²) in [5.74, 6) is 3.71. The van der Waals surface area contributed by atoms with E-state index in [1.165, 1.54) is 12.8 Å². The lowest BCUT2D eigenvalue weighted by molar-refractivity contribution is -0.0621. The highest BCUT2D eigenvalue weighted by molar-refractivity contribution is 5.12. The van der Waals surface area contributed by atoms with Gasteiger partial charge in [0.2, 0.25) is 0 Å². The zero-order valence-electron chi connectivity index (χ0n) is 8.51. The van der Waals surface area contributed by atoms with Gasteiger partial charge in [-0.05, 0) is 35.5 Å². The number of hydrogen-bond donors (Lipinski definition) is 0. The first kappa shape index (κ1) is 8.34. The monoisotopic (exact) mass is 164 g/mol. The normalized spacial score (nSPS) is 49.6. The molecule has 0 saturated heterocycles. The summed E-state index contributed by atoms with van der Waals surface area (Å²) < 4.78 is 0. The Morgan fingerprint density at radius 2 is 2.00 bits per heavy atom. The van der Waals surface area contributed by atoms with Crippen LogP contribution < -0.4 is 0 Å². The van der Waals surface area contributed by atoms with Crippen molar-refractivity contribution in [2.45, 2.75) is 33.6 Å². The molecule has 12 heavy (non-hydrogen) atoms. The lowest BCUT2D eigenvalue weighted by atomic mass is 9.48. The second kappa shape index (κ2) is 2.37. The van der Waals surface area contributed by atoms with Crippen LogP contribution in [0.5, 0.6) is 0 Å². The molecule has 0 unspecified atom stereocenters. The molecule has 0 heteroatoms. The summed E-state index contributed by atoms with van der Waals surface area (Å²) in [6.45, 7) is 11.2. The fraction of sp³-hybridized carbons (Fsp3) is 0.833. The molecular formula is C12H20. The van der Waals surface area contributed by atoms with Gasteiger partial charge in [0.05, 0.1) is 0 Å². The quantitative estimate of drug-likeness (QED) is 0.520. The van der Waals surface area contributed by atoms with Crippen LogP contribution >= 0.6 is 0 Å². The van der Waals surface area contributed by atoms with Gasteiger partial charge in [-0.2, -0.15) is 0 Å². The highest BCUT2D eigenvalue weighted by atomic mass is 14.6. The minimum atomic E-state index is 0.553. The van der Waals surface area contributed by atoms with E-state index in [4.69, 9.17) is 0 Å². The van der Waals surface area contributed by atoms with Gasteiger partial charge >= 0.3 is 0 Å². The first-order valence-corrected chi connectivity index (χ1v) is 5.21. The molecule has 0 aromatic heterocycles. The number of fused-ring (bicyclic) bond motifs is 1. The standard InChI is InChI=1S/C12H20/c1-5-9-11-8(2)6-7-10(11)12(9,3)4/h5,8-11H,1,6-7H2,2-4H3/t8-,9-,10-,11-/m1/s1. The van der Waals surface area contributed by atoms with E-state index in [0.29, 0.717) is 5.41 Å². The average molecular weight is 164 g/mol. The fourth-order valence-electron chi connectivity index (χ4n) is 3.78. The van der Waals surface area contributed by atoms with Crippen LogP contribution in [0.25, 0.3) is 0 Å². The summed E-state index contributed by atoms with van der Waals surface area (Å²) in [7, 11) is 0. The Labute approximate surface area is 76.1 Å². The van der Waals surface area contributed by atoms with E-state index in [0.717, 1.165) is 23.7 Å². The molecule has 68 valence electrons. The molecule has 2 aliphatic rings. The lowest BCUT2D eigenvalue weighted by Crippen LogP contribution is -2.51. The van der Waals surface area contributed by atoms with Gasteiger partial charge in [0.25, 0.3) is 0 Å². The molecule has 0 aromatic carbocycles. The largest absolute Gasteiger partial charge is 0.103 e. The summed E-state index contributed by atoms with van der Waals surface area (Å²) in [6.07, 6.45) is 5.11. The molecule has 0 amide bonds. The molecule has 2 aliphatic carbocycles. The van der Waals surface area contributed by atoms with E-state index in [1.54, 1.807) is 0 Å². The molecule has 2 rings (SSSR count). The van der Waals surface area contributed by atoms with Gasteiger partial charge in [0.15, 0.2) is 0 Å². The SMILES string of the molecule is C=C[C@@H]1[C@H]2[C@H](C)CC[C@H]2C1(C)C. The Kier molecular flexibility index (Phi) is 1.65. The maximum atomic E-state index is 3.97. The van der Waals surface area contributed by atoms with Crippen molar-refractivity contribution in [1.82, 2.24) is 0 Å². The summed E-state index contributed by atoms with van der Waals surface area (Å²) in [4.78, 5) is 0. The van der Waals surface area contributed by atoms with Gasteiger partial charge < -0.3 is 0 Å². The van der Waals surface area contributed by atoms with Crippen LogP contribution in [0, 0.1) is 29.1 Å². The van der Waals surface area contributed by atoms with Gasteiger partial charge in [0.1, 0.15) is 0 Å². The third kappa shape index (κ3) is 0.787. The zero-order valence-corrected chi connectivity index (χ0v) is 8.51. The van der Waals surface area contributed by atoms with Crippen LogP contribution in [-0.4, -0.2) is 0 Å². The molecular weight excluding hydrogens is 144 g/mol. The van der Waals surface area contributed by atoms with E-state index in [2.05, 4.69) is 33.4 Å². The Morgan fingerprint density at radius 3 is 2.58 bits per heavy atom. The van der Waals surface area contributed by atoms with Crippen LogP contribution in [0.2, 0.25) is 0 Å². The van der Waals surface area contributed by atoms with Crippen molar-refractivity contribution in [1.29, 1.82) is 0 Å². The summed E-state index contributed by atoms with van der Waals surface area (Å²) in [5.41, 5.74) is 0.553. The predicted molar refractivity (Wildman–Crippen MR) is 52.8 cm³/mol. The number of allylic oxidation sites excluding steroid dienone is 1. The summed E-state index contributed by atoms with van der Waals surface area (Å²) in [6, 6.07) is 0. The topological polar surface area (TPSA) is 0 Å². The third-order valence-corrected chi connectivity index (χ3v) is 4.54. The van der Waals surface area contributed by atoms with Crippen molar-refractivity contribution in [2.24, 2.45) is 29.1 Å². The van der Waals surface area contributed by atoms with E-state index < -0.39 is 0 Å². The number of rotatable bonds is 1. The van der Waals surface area contributed by atoms with Crippen LogP contribution in [-0.2, 0) is 0 Å². The average Bonchev–Trinajstić information content (AvgIpc) is 2.31. The van der Waals surface area contributed by atoms with Crippen LogP contribution in [0.3, 0.4) is 0 Å². The Hall–Kier alpha value is -0.260. The van der Waals surface area contributed by atoms with Crippen molar-refractivity contribution >= 4 is 0 Å². The third-order valence-electron chi connectivity index (χ3n) is 4.54. The van der Waals surface area contributed by atoms with Gasteiger partial charge in [-0.1, -0.05) is 33.3 Å². The molecule has 0 radical (unpaired) electrons. The van der Waals surface area contributed by atoms with Crippen LogP contribution in [0.15, 0.2) is 12.7 Å². The van der Waals surface area contributed by atoms with E-state index in [-0.39, 0.29) is 0 Å². The molecule has 2 saturated carbocycles. The van der Waals surface area contributed by atoms with Crippen LogP contribution in [0.4, 0.5) is 0 Å². The van der Waals surface area contributed by atoms with E-state index in [1.807, 2.05) is 0 Å². The molecule has 0 aromatic rings. The minimum absolute atomic E-state index is 0.553. The first-order chi connectivity index (χ1) is 5.59. The van der Waals surface area contributed by atoms with Crippen molar-refractivity contribution in [3.8, 4) is 0 Å². The second-order valence-corrected chi connectivity index (χ2v) is 5.32. The smallest absolute Gasteiger partial charge is 0.0148 e. The van der Waals surface area contributed by atoms with Crippen LogP contribution in [0.1, 0.15) is 33.6 Å². The van der Waals surface area contributed by atoms with Gasteiger partial charge in [0, 0.05) is 0 Å². The molecule has 0 aliphatic heterocycles. The first-order valence-electron chi connectivity index (χ1n) is 5.21. The molecule has 0 spiro atoms. The fourth-order valence-corrected chi connectivity index (χ4v) is 3.78. The number of hydrogen-bond acceptors (Lipinski definition) is 0. The van der Waals surface area contributed by atoms with Crippen molar-refractivity contribution in [2.75, 3.05) is 0 Å². The maximum Gasteiger partial charge on any atom is -0.0148 e. The highest BCUT2D eigenvalue weighted by Gasteiger charge is 2.58. The molecule has 0 bridgehead atoms. The maximum absolute atomic E-state index is 3.97. The van der Waals surface area contributed by atoms with Crippen molar-refractivity contribution in [3.63, 3.8) is 0 Å².